The van der Waals surface area contributed by atoms with Gasteiger partial charge in [0.1, 0.15) is 11.6 Å². The fourth-order valence-electron chi connectivity index (χ4n) is 3.25. The molecule has 0 spiro atoms. The molecule has 3 rings (SSSR count). The van der Waals surface area contributed by atoms with Gasteiger partial charge in [-0.05, 0) is 35.7 Å². The number of benzene rings is 2. The van der Waals surface area contributed by atoms with Crippen LogP contribution in [0.25, 0.3) is 0 Å². The smallest absolute Gasteiger partial charge is 0.331 e. The average molecular weight is 343 g/mol. The number of hydrogen-bond donors (Lipinski definition) is 1. The van der Waals surface area contributed by atoms with Crippen molar-refractivity contribution >= 4 is 11.9 Å². The molecule has 2 aromatic carbocycles. The summed E-state index contributed by atoms with van der Waals surface area (Å²) in [5.41, 5.74) is 1.96. The zero-order valence-electron chi connectivity index (χ0n) is 13.7. The molecule has 0 saturated carbocycles. The topological polar surface area (TPSA) is 66.8 Å². The fourth-order valence-corrected chi connectivity index (χ4v) is 3.25. The van der Waals surface area contributed by atoms with Crippen LogP contribution >= 0.6 is 0 Å². The Hall–Kier alpha value is -2.89. The lowest BCUT2D eigenvalue weighted by molar-refractivity contribution is -0.151. The van der Waals surface area contributed by atoms with Crippen molar-refractivity contribution in [2.45, 2.75) is 18.9 Å². The lowest BCUT2D eigenvalue weighted by Crippen LogP contribution is -2.44. The van der Waals surface area contributed by atoms with Gasteiger partial charge >= 0.3 is 5.97 Å². The predicted molar refractivity (Wildman–Crippen MR) is 88.9 cm³/mol. The molecule has 0 radical (unpaired) electrons. The molecule has 0 aromatic heterocycles. The minimum atomic E-state index is -1.08. The first-order valence-corrected chi connectivity index (χ1v) is 7.93. The minimum Gasteiger partial charge on any atom is -0.496 e. The van der Waals surface area contributed by atoms with E-state index in [1.807, 2.05) is 12.1 Å². The molecule has 1 aliphatic heterocycles. The molecule has 0 saturated heterocycles. The molecule has 1 aliphatic rings. The highest BCUT2D eigenvalue weighted by atomic mass is 19.1. The molecule has 1 unspecified atom stereocenters. The maximum absolute atomic E-state index is 13.5. The molecular weight excluding hydrogens is 325 g/mol. The Kier molecular flexibility index (Phi) is 4.70. The highest BCUT2D eigenvalue weighted by Gasteiger charge is 2.35. The molecule has 130 valence electrons. The van der Waals surface area contributed by atoms with Crippen molar-refractivity contribution < 1.29 is 23.8 Å². The van der Waals surface area contributed by atoms with E-state index in [4.69, 9.17) is 4.74 Å². The lowest BCUT2D eigenvalue weighted by atomic mass is 9.92. The zero-order chi connectivity index (χ0) is 18.0. The van der Waals surface area contributed by atoms with Crippen molar-refractivity contribution in [2.24, 2.45) is 0 Å². The molecule has 6 heteroatoms. The second-order valence-electron chi connectivity index (χ2n) is 5.91. The lowest BCUT2D eigenvalue weighted by Gasteiger charge is -2.35. The normalized spacial score (nSPS) is 16.2. The second kappa shape index (κ2) is 6.93. The summed E-state index contributed by atoms with van der Waals surface area (Å²) in [6, 6.07) is 10.1. The van der Waals surface area contributed by atoms with E-state index >= 15 is 0 Å². The number of rotatable bonds is 4. The molecule has 1 heterocycles. The number of carboxylic acid groups (broad SMARTS) is 1. The summed E-state index contributed by atoms with van der Waals surface area (Å²) in [7, 11) is 1.44. The Balaban J connectivity index is 1.90. The van der Waals surface area contributed by atoms with Crippen LogP contribution in [0.15, 0.2) is 42.5 Å². The number of aliphatic carboxylic acids is 1. The van der Waals surface area contributed by atoms with Crippen LogP contribution in [-0.4, -0.2) is 35.5 Å². The monoisotopic (exact) mass is 343 g/mol. The molecule has 5 nitrogen and oxygen atoms in total. The number of amides is 1. The third kappa shape index (κ3) is 3.33. The van der Waals surface area contributed by atoms with Gasteiger partial charge in [0.05, 0.1) is 13.5 Å². The van der Waals surface area contributed by atoms with Crippen molar-refractivity contribution in [3.8, 4) is 5.75 Å². The van der Waals surface area contributed by atoms with E-state index in [9.17, 15) is 19.1 Å². The van der Waals surface area contributed by atoms with Crippen LogP contribution in [0.2, 0.25) is 0 Å². The summed E-state index contributed by atoms with van der Waals surface area (Å²) in [6.07, 6.45) is 0.471. The Morgan fingerprint density at radius 2 is 2.04 bits per heavy atom. The predicted octanol–water partition coefficient (Wildman–Crippen LogP) is 2.59. The van der Waals surface area contributed by atoms with Gasteiger partial charge in [-0.25, -0.2) is 9.18 Å². The molecule has 1 amide bonds. The molecular formula is C19H18FNO4. The van der Waals surface area contributed by atoms with Crippen LogP contribution in [0.4, 0.5) is 4.39 Å². The summed E-state index contributed by atoms with van der Waals surface area (Å²) in [5, 5.41) is 9.64. The van der Waals surface area contributed by atoms with E-state index in [1.165, 1.54) is 30.2 Å². The summed E-state index contributed by atoms with van der Waals surface area (Å²) in [4.78, 5) is 25.9. The van der Waals surface area contributed by atoms with Gasteiger partial charge in [0.25, 0.3) is 0 Å². The highest BCUT2D eigenvalue weighted by Crippen LogP contribution is 2.31. The molecule has 0 bridgehead atoms. The first kappa shape index (κ1) is 17.0. The molecule has 2 aromatic rings. The number of methoxy groups -OCH3 is 1. The maximum atomic E-state index is 13.5. The Bertz CT molecular complexity index is 821. The first-order valence-electron chi connectivity index (χ1n) is 7.93. The van der Waals surface area contributed by atoms with Gasteiger partial charge in [0.15, 0.2) is 6.04 Å². The van der Waals surface area contributed by atoms with Crippen LogP contribution in [-0.2, 0) is 22.4 Å². The number of carbonyl (C=O) groups excluding carboxylic acids is 1. The van der Waals surface area contributed by atoms with Gasteiger partial charge in [0, 0.05) is 12.1 Å². The van der Waals surface area contributed by atoms with E-state index in [0.717, 1.165) is 5.56 Å². The summed E-state index contributed by atoms with van der Waals surface area (Å²) in [5.74, 6) is -1.51. The van der Waals surface area contributed by atoms with E-state index in [0.29, 0.717) is 29.8 Å². The Morgan fingerprint density at radius 1 is 1.28 bits per heavy atom. The van der Waals surface area contributed by atoms with Crippen LogP contribution < -0.4 is 4.74 Å². The number of hydrogen-bond acceptors (Lipinski definition) is 3. The minimum absolute atomic E-state index is 0.118. The number of carbonyl (C=O) groups is 2. The molecule has 0 fully saturated rings. The fraction of sp³-hybridized carbons (Fsp3) is 0.263. The number of ether oxygens (including phenoxy) is 1. The number of fused-ring (bicyclic) bond motifs is 1. The maximum Gasteiger partial charge on any atom is 0.331 e. The van der Waals surface area contributed by atoms with Gasteiger partial charge < -0.3 is 14.7 Å². The Labute approximate surface area is 144 Å². The quantitative estimate of drug-likeness (QED) is 0.927. The summed E-state index contributed by atoms with van der Waals surface area (Å²) in [6.45, 7) is 0.310. The largest absolute Gasteiger partial charge is 0.496 e. The third-order valence-corrected chi connectivity index (χ3v) is 4.42. The average Bonchev–Trinajstić information content (AvgIpc) is 2.60. The van der Waals surface area contributed by atoms with Gasteiger partial charge in [-0.1, -0.05) is 24.3 Å². The number of nitrogens with zero attached hydrogens (tertiary/aromatic N) is 1. The standard InChI is InChI=1S/C19H18FNO4/c1-25-16-7-6-14(20)10-13(16)11-17(22)21-9-8-12-4-2-3-5-15(12)18(21)19(23)24/h2-7,10,18H,8-9,11H2,1H3,(H,23,24). The SMILES string of the molecule is COc1ccc(F)cc1CC(=O)N1CCc2ccccc2C1C(=O)O. The first-order chi connectivity index (χ1) is 12.0. The molecule has 25 heavy (non-hydrogen) atoms. The van der Waals surface area contributed by atoms with Crippen molar-refractivity contribution in [3.63, 3.8) is 0 Å². The van der Waals surface area contributed by atoms with Gasteiger partial charge in [-0.15, -0.1) is 0 Å². The van der Waals surface area contributed by atoms with Crippen LogP contribution in [0.3, 0.4) is 0 Å². The highest BCUT2D eigenvalue weighted by molar-refractivity contribution is 5.87. The second-order valence-corrected chi connectivity index (χ2v) is 5.91. The van der Waals surface area contributed by atoms with Gasteiger partial charge in [-0.3, -0.25) is 4.79 Å². The van der Waals surface area contributed by atoms with E-state index in [1.54, 1.807) is 12.1 Å². The van der Waals surface area contributed by atoms with Crippen molar-refractivity contribution in [1.82, 2.24) is 4.90 Å². The van der Waals surface area contributed by atoms with Crippen LogP contribution in [0.1, 0.15) is 22.7 Å². The van der Waals surface area contributed by atoms with E-state index in [-0.39, 0.29) is 12.3 Å². The zero-order valence-corrected chi connectivity index (χ0v) is 13.7. The Morgan fingerprint density at radius 3 is 2.76 bits per heavy atom. The van der Waals surface area contributed by atoms with E-state index in [2.05, 4.69) is 0 Å². The van der Waals surface area contributed by atoms with Crippen molar-refractivity contribution in [2.75, 3.05) is 13.7 Å². The van der Waals surface area contributed by atoms with Crippen molar-refractivity contribution in [1.29, 1.82) is 0 Å². The summed E-state index contributed by atoms with van der Waals surface area (Å²) >= 11 is 0. The number of halogens is 1. The molecule has 0 aliphatic carbocycles. The van der Waals surface area contributed by atoms with Crippen LogP contribution in [0.5, 0.6) is 5.75 Å². The van der Waals surface area contributed by atoms with Gasteiger partial charge in [-0.2, -0.15) is 0 Å². The number of carboxylic acids is 1. The van der Waals surface area contributed by atoms with Crippen molar-refractivity contribution in [3.05, 3.63) is 65.0 Å². The molecule has 1 N–H and O–H groups in total. The third-order valence-electron chi connectivity index (χ3n) is 4.42. The molecule has 1 atom stereocenters. The van der Waals surface area contributed by atoms with Gasteiger partial charge in [0.2, 0.25) is 5.91 Å². The van der Waals surface area contributed by atoms with E-state index < -0.39 is 17.8 Å². The summed E-state index contributed by atoms with van der Waals surface area (Å²) < 4.78 is 18.7. The van der Waals surface area contributed by atoms with Crippen LogP contribution in [0, 0.1) is 5.82 Å².